The monoisotopic (exact) mass is 246 g/mol. The molecule has 2 rings (SSSR count). The molecule has 4 heteroatoms. The van der Waals surface area contributed by atoms with E-state index in [0.29, 0.717) is 13.1 Å². The van der Waals surface area contributed by atoms with Gasteiger partial charge >= 0.3 is 0 Å². The lowest BCUT2D eigenvalue weighted by Crippen LogP contribution is -2.27. The van der Waals surface area contributed by atoms with E-state index in [1.807, 2.05) is 42.0 Å². The highest BCUT2D eigenvalue weighted by Crippen LogP contribution is 2.21. The van der Waals surface area contributed by atoms with Crippen LogP contribution in [-0.4, -0.2) is 22.1 Å². The van der Waals surface area contributed by atoms with E-state index in [4.69, 9.17) is 0 Å². The maximum atomic E-state index is 11.7. The first-order valence-electron chi connectivity index (χ1n) is 6.20. The van der Waals surface area contributed by atoms with E-state index in [9.17, 15) is 9.90 Å². The van der Waals surface area contributed by atoms with Crippen LogP contribution in [0.2, 0.25) is 0 Å². The number of fused-ring (bicyclic) bond motifs is 1. The van der Waals surface area contributed by atoms with Gasteiger partial charge in [-0.05, 0) is 12.5 Å². The quantitative estimate of drug-likeness (QED) is 0.843. The Hall–Kier alpha value is -1.81. The van der Waals surface area contributed by atoms with Crippen molar-refractivity contribution in [2.24, 2.45) is 0 Å². The molecule has 0 unspecified atom stereocenters. The number of carbonyl (C=O) groups is 1. The molecule has 0 saturated heterocycles. The van der Waals surface area contributed by atoms with Gasteiger partial charge in [0, 0.05) is 29.2 Å². The fraction of sp³-hybridized carbons (Fsp3) is 0.357. The van der Waals surface area contributed by atoms with Crippen LogP contribution in [0.3, 0.4) is 0 Å². The van der Waals surface area contributed by atoms with E-state index < -0.39 is 0 Å². The van der Waals surface area contributed by atoms with Crippen molar-refractivity contribution in [1.29, 1.82) is 0 Å². The molecule has 0 atom stereocenters. The maximum Gasteiger partial charge on any atom is 0.239 e. The van der Waals surface area contributed by atoms with E-state index in [-0.39, 0.29) is 12.5 Å². The van der Waals surface area contributed by atoms with Crippen molar-refractivity contribution in [3.63, 3.8) is 0 Å². The Morgan fingerprint density at radius 3 is 2.89 bits per heavy atom. The smallest absolute Gasteiger partial charge is 0.239 e. The first-order valence-corrected chi connectivity index (χ1v) is 6.20. The number of nitrogens with zero attached hydrogens (tertiary/aromatic N) is 1. The molecule has 18 heavy (non-hydrogen) atoms. The minimum atomic E-state index is -0.00983. The van der Waals surface area contributed by atoms with Gasteiger partial charge in [0.1, 0.15) is 6.54 Å². The predicted octanol–water partition coefficient (Wildman–Crippen LogP) is 1.66. The van der Waals surface area contributed by atoms with Gasteiger partial charge in [-0.3, -0.25) is 4.79 Å². The molecule has 4 nitrogen and oxygen atoms in total. The van der Waals surface area contributed by atoms with Gasteiger partial charge in [-0.2, -0.15) is 0 Å². The minimum absolute atomic E-state index is 0.00194. The number of aliphatic hydroxyl groups is 1. The Balaban J connectivity index is 2.25. The minimum Gasteiger partial charge on any atom is -0.392 e. The summed E-state index contributed by atoms with van der Waals surface area (Å²) in [5, 5.41) is 13.2. The molecule has 1 aromatic heterocycles. The molecule has 1 aromatic carbocycles. The van der Waals surface area contributed by atoms with Crippen molar-refractivity contribution in [2.75, 3.05) is 6.54 Å². The number of carbonyl (C=O) groups excluding carboxylic acids is 1. The molecule has 0 radical (unpaired) electrons. The van der Waals surface area contributed by atoms with Crippen LogP contribution in [0.4, 0.5) is 0 Å². The normalized spacial score (nSPS) is 10.8. The molecular weight excluding hydrogens is 228 g/mol. The van der Waals surface area contributed by atoms with Crippen molar-refractivity contribution < 1.29 is 9.90 Å². The van der Waals surface area contributed by atoms with E-state index >= 15 is 0 Å². The molecule has 0 fully saturated rings. The number of nitrogens with one attached hydrogen (secondary N) is 1. The van der Waals surface area contributed by atoms with E-state index in [2.05, 4.69) is 5.32 Å². The van der Waals surface area contributed by atoms with Crippen LogP contribution < -0.4 is 5.32 Å². The molecular formula is C14H18N2O2. The number of hydrogen-bond acceptors (Lipinski definition) is 2. The fourth-order valence-corrected chi connectivity index (χ4v) is 2.05. The van der Waals surface area contributed by atoms with Crippen molar-refractivity contribution in [1.82, 2.24) is 9.88 Å². The highest BCUT2D eigenvalue weighted by molar-refractivity contribution is 5.86. The van der Waals surface area contributed by atoms with Crippen LogP contribution in [0.25, 0.3) is 10.9 Å². The highest BCUT2D eigenvalue weighted by Gasteiger charge is 2.09. The van der Waals surface area contributed by atoms with Crippen molar-refractivity contribution >= 4 is 16.8 Å². The third-order valence-electron chi connectivity index (χ3n) is 2.93. The average molecular weight is 246 g/mol. The van der Waals surface area contributed by atoms with Gasteiger partial charge in [-0.1, -0.05) is 25.1 Å². The molecule has 0 aliphatic carbocycles. The van der Waals surface area contributed by atoms with Gasteiger partial charge in [-0.25, -0.2) is 0 Å². The molecule has 0 saturated carbocycles. The summed E-state index contributed by atoms with van der Waals surface area (Å²) in [6, 6.07) is 7.79. The van der Waals surface area contributed by atoms with Gasteiger partial charge in [0.15, 0.2) is 0 Å². The first kappa shape index (κ1) is 12.6. The largest absolute Gasteiger partial charge is 0.392 e. The Labute approximate surface area is 106 Å². The van der Waals surface area contributed by atoms with Crippen molar-refractivity contribution in [3.8, 4) is 0 Å². The number of aromatic nitrogens is 1. The van der Waals surface area contributed by atoms with Crippen LogP contribution in [0.1, 0.15) is 18.9 Å². The van der Waals surface area contributed by atoms with Crippen LogP contribution in [0.15, 0.2) is 30.5 Å². The Bertz CT molecular complexity index is 546. The lowest BCUT2D eigenvalue weighted by Gasteiger charge is -2.06. The number of amides is 1. The molecule has 0 spiro atoms. The van der Waals surface area contributed by atoms with Crippen molar-refractivity contribution in [2.45, 2.75) is 26.5 Å². The average Bonchev–Trinajstić information content (AvgIpc) is 2.75. The highest BCUT2D eigenvalue weighted by atomic mass is 16.3. The molecule has 2 aromatic rings. The molecule has 1 heterocycles. The molecule has 0 bridgehead atoms. The zero-order valence-corrected chi connectivity index (χ0v) is 10.5. The molecule has 0 aliphatic heterocycles. The van der Waals surface area contributed by atoms with E-state index in [0.717, 1.165) is 22.9 Å². The number of rotatable bonds is 5. The lowest BCUT2D eigenvalue weighted by molar-refractivity contribution is -0.121. The zero-order valence-electron chi connectivity index (χ0n) is 10.5. The van der Waals surface area contributed by atoms with E-state index in [1.54, 1.807) is 0 Å². The lowest BCUT2D eigenvalue weighted by atomic mass is 10.2. The maximum absolute atomic E-state index is 11.7. The Kier molecular flexibility index (Phi) is 3.99. The molecule has 2 N–H and O–H groups in total. The Morgan fingerprint density at radius 1 is 1.39 bits per heavy atom. The van der Waals surface area contributed by atoms with Crippen LogP contribution >= 0.6 is 0 Å². The summed E-state index contributed by atoms with van der Waals surface area (Å²) in [5.74, 6) is 0.00194. The number of para-hydroxylation sites is 1. The van der Waals surface area contributed by atoms with Gasteiger partial charge in [0.2, 0.25) is 5.91 Å². The Morgan fingerprint density at radius 2 is 2.17 bits per heavy atom. The number of hydrogen-bond donors (Lipinski definition) is 2. The molecule has 1 amide bonds. The SMILES string of the molecule is CCCNC(=O)Cn1cc(CO)c2ccccc21. The van der Waals surface area contributed by atoms with Gasteiger partial charge in [0.05, 0.1) is 6.61 Å². The first-order chi connectivity index (χ1) is 8.76. The third kappa shape index (κ3) is 2.54. The van der Waals surface area contributed by atoms with Gasteiger partial charge in [0.25, 0.3) is 0 Å². The van der Waals surface area contributed by atoms with E-state index in [1.165, 1.54) is 0 Å². The van der Waals surface area contributed by atoms with Crippen LogP contribution in [-0.2, 0) is 17.9 Å². The number of aliphatic hydroxyl groups excluding tert-OH is 1. The second kappa shape index (κ2) is 5.69. The fourth-order valence-electron chi connectivity index (χ4n) is 2.05. The van der Waals surface area contributed by atoms with Gasteiger partial charge < -0.3 is 15.0 Å². The summed E-state index contributed by atoms with van der Waals surface area (Å²) < 4.78 is 1.88. The van der Waals surface area contributed by atoms with Crippen molar-refractivity contribution in [3.05, 3.63) is 36.0 Å². The van der Waals surface area contributed by atoms with Gasteiger partial charge in [-0.15, -0.1) is 0 Å². The summed E-state index contributed by atoms with van der Waals surface area (Å²) in [5.41, 5.74) is 1.84. The standard InChI is InChI=1S/C14H18N2O2/c1-2-7-15-14(18)9-16-8-11(10-17)12-5-3-4-6-13(12)16/h3-6,8,17H,2,7,9-10H2,1H3,(H,15,18). The second-order valence-corrected chi connectivity index (χ2v) is 4.31. The van der Waals surface area contributed by atoms with Crippen LogP contribution in [0.5, 0.6) is 0 Å². The third-order valence-corrected chi connectivity index (χ3v) is 2.93. The molecule has 96 valence electrons. The summed E-state index contributed by atoms with van der Waals surface area (Å²) in [6.45, 7) is 3.00. The number of benzene rings is 1. The second-order valence-electron chi connectivity index (χ2n) is 4.31. The topological polar surface area (TPSA) is 54.3 Å². The summed E-state index contributed by atoms with van der Waals surface area (Å²) >= 11 is 0. The summed E-state index contributed by atoms with van der Waals surface area (Å²) in [4.78, 5) is 11.7. The van der Waals surface area contributed by atoms with Crippen LogP contribution in [0, 0.1) is 0 Å². The summed E-state index contributed by atoms with van der Waals surface area (Å²) in [7, 11) is 0. The zero-order chi connectivity index (χ0) is 13.0. The molecule has 0 aliphatic rings. The predicted molar refractivity (Wildman–Crippen MR) is 71.2 cm³/mol. The summed E-state index contributed by atoms with van der Waals surface area (Å²) in [6.07, 6.45) is 2.77.